The fraction of sp³-hybridized carbons (Fsp3) is 0.562. The van der Waals surface area contributed by atoms with E-state index in [2.05, 4.69) is 23.6 Å². The molecule has 1 atom stereocenters. The third-order valence-electron chi connectivity index (χ3n) is 4.72. The number of amides is 1. The second-order valence-corrected chi connectivity index (χ2v) is 5.97. The van der Waals surface area contributed by atoms with Crippen LogP contribution in [0.15, 0.2) is 24.3 Å². The number of para-hydroxylation sites is 1. The Labute approximate surface area is 114 Å². The van der Waals surface area contributed by atoms with Gasteiger partial charge in [-0.1, -0.05) is 25.1 Å². The number of carbonyl (C=O) groups excluding carboxylic acids is 1. The maximum Gasteiger partial charge on any atom is 0.241 e. The summed E-state index contributed by atoms with van der Waals surface area (Å²) in [5, 5.41) is 6.53. The molecule has 1 aliphatic heterocycles. The summed E-state index contributed by atoms with van der Waals surface area (Å²) in [6.07, 6.45) is 5.69. The zero-order valence-corrected chi connectivity index (χ0v) is 11.5. The Balaban J connectivity index is 1.64. The van der Waals surface area contributed by atoms with Gasteiger partial charge in [-0.15, -0.1) is 0 Å². The van der Waals surface area contributed by atoms with E-state index in [0.29, 0.717) is 5.41 Å². The van der Waals surface area contributed by atoms with Gasteiger partial charge in [-0.05, 0) is 49.1 Å². The molecule has 0 aromatic heterocycles. The van der Waals surface area contributed by atoms with Gasteiger partial charge in [0.15, 0.2) is 0 Å². The molecule has 102 valence electrons. The molecule has 2 aliphatic rings. The minimum absolute atomic E-state index is 0.0450. The molecule has 1 aliphatic carbocycles. The molecular formula is C16H22N2O. The first-order valence-corrected chi connectivity index (χ1v) is 7.35. The van der Waals surface area contributed by atoms with Crippen LogP contribution in [0, 0.1) is 5.41 Å². The van der Waals surface area contributed by atoms with Crippen molar-refractivity contribution in [1.29, 1.82) is 0 Å². The molecule has 3 heteroatoms. The van der Waals surface area contributed by atoms with Gasteiger partial charge in [-0.3, -0.25) is 4.79 Å². The predicted molar refractivity (Wildman–Crippen MR) is 77.1 cm³/mol. The van der Waals surface area contributed by atoms with Crippen molar-refractivity contribution in [2.75, 3.05) is 11.9 Å². The Morgan fingerprint density at radius 3 is 2.89 bits per heavy atom. The number of nitrogens with one attached hydrogen (secondary N) is 2. The number of carbonyl (C=O) groups is 1. The van der Waals surface area contributed by atoms with E-state index in [4.69, 9.17) is 0 Å². The summed E-state index contributed by atoms with van der Waals surface area (Å²) < 4.78 is 0. The average Bonchev–Trinajstić information content (AvgIpc) is 3.21. The molecule has 0 radical (unpaired) electrons. The number of hydrogen-bond donors (Lipinski definition) is 2. The normalized spacial score (nSPS) is 24.3. The molecule has 1 unspecified atom stereocenters. The first kappa shape index (κ1) is 12.7. The van der Waals surface area contributed by atoms with Crippen molar-refractivity contribution in [3.05, 3.63) is 29.8 Å². The Morgan fingerprint density at radius 1 is 1.37 bits per heavy atom. The number of benzene rings is 1. The lowest BCUT2D eigenvalue weighted by atomic mass is 10.0. The molecule has 1 saturated carbocycles. The van der Waals surface area contributed by atoms with Crippen LogP contribution in [0.2, 0.25) is 0 Å². The van der Waals surface area contributed by atoms with E-state index < -0.39 is 0 Å². The average molecular weight is 258 g/mol. The second-order valence-electron chi connectivity index (χ2n) is 5.97. The molecule has 1 fully saturated rings. The van der Waals surface area contributed by atoms with E-state index in [-0.39, 0.29) is 11.9 Å². The van der Waals surface area contributed by atoms with Gasteiger partial charge in [0.05, 0.1) is 6.04 Å². The number of anilines is 1. The van der Waals surface area contributed by atoms with Gasteiger partial charge in [-0.2, -0.15) is 0 Å². The van der Waals surface area contributed by atoms with Crippen molar-refractivity contribution in [2.45, 2.75) is 45.1 Å². The topological polar surface area (TPSA) is 41.1 Å². The fourth-order valence-corrected chi connectivity index (χ4v) is 2.88. The maximum absolute atomic E-state index is 12.2. The quantitative estimate of drug-likeness (QED) is 0.872. The van der Waals surface area contributed by atoms with Crippen molar-refractivity contribution in [1.82, 2.24) is 5.32 Å². The van der Waals surface area contributed by atoms with Gasteiger partial charge in [0.25, 0.3) is 0 Å². The second kappa shape index (κ2) is 4.97. The van der Waals surface area contributed by atoms with Crippen LogP contribution in [0.25, 0.3) is 0 Å². The molecule has 1 heterocycles. The van der Waals surface area contributed by atoms with Gasteiger partial charge in [-0.25, -0.2) is 0 Å². The number of fused-ring (bicyclic) bond motifs is 1. The lowest BCUT2D eigenvalue weighted by Gasteiger charge is -2.19. The summed E-state index contributed by atoms with van der Waals surface area (Å²) >= 11 is 0. The predicted octanol–water partition coefficient (Wildman–Crippen LogP) is 2.72. The Bertz CT molecular complexity index is 479. The largest absolute Gasteiger partial charge is 0.324 e. The molecule has 0 spiro atoms. The SMILES string of the molecule is CCC1(CNC2CCc3ccccc3NC2=O)CC1. The zero-order valence-electron chi connectivity index (χ0n) is 11.5. The van der Waals surface area contributed by atoms with Gasteiger partial charge in [0.1, 0.15) is 0 Å². The van der Waals surface area contributed by atoms with Crippen molar-refractivity contribution in [3.8, 4) is 0 Å². The molecule has 0 bridgehead atoms. The maximum atomic E-state index is 12.2. The van der Waals surface area contributed by atoms with E-state index >= 15 is 0 Å². The summed E-state index contributed by atoms with van der Waals surface area (Å²) in [7, 11) is 0. The van der Waals surface area contributed by atoms with Crippen LogP contribution in [0.3, 0.4) is 0 Å². The molecule has 19 heavy (non-hydrogen) atoms. The number of aryl methyl sites for hydroxylation is 1. The highest BCUT2D eigenvalue weighted by Crippen LogP contribution is 2.48. The van der Waals surface area contributed by atoms with Crippen LogP contribution in [-0.2, 0) is 11.2 Å². The van der Waals surface area contributed by atoms with Crippen molar-refractivity contribution in [2.24, 2.45) is 5.41 Å². The monoisotopic (exact) mass is 258 g/mol. The number of rotatable bonds is 4. The van der Waals surface area contributed by atoms with E-state index in [1.54, 1.807) is 0 Å². The third kappa shape index (κ3) is 2.66. The fourth-order valence-electron chi connectivity index (χ4n) is 2.88. The lowest BCUT2D eigenvalue weighted by Crippen LogP contribution is -2.42. The van der Waals surface area contributed by atoms with Crippen LogP contribution < -0.4 is 10.6 Å². The van der Waals surface area contributed by atoms with Crippen molar-refractivity contribution in [3.63, 3.8) is 0 Å². The van der Waals surface area contributed by atoms with Crippen molar-refractivity contribution < 1.29 is 4.79 Å². The Morgan fingerprint density at radius 2 is 2.16 bits per heavy atom. The molecule has 3 rings (SSSR count). The van der Waals surface area contributed by atoms with Gasteiger partial charge < -0.3 is 10.6 Å². The smallest absolute Gasteiger partial charge is 0.241 e. The van der Waals surface area contributed by atoms with Crippen LogP contribution in [0.4, 0.5) is 5.69 Å². The van der Waals surface area contributed by atoms with Crippen LogP contribution >= 0.6 is 0 Å². The standard InChI is InChI=1S/C16H22N2O/c1-2-16(9-10-16)11-17-14-8-7-12-5-3-4-6-13(12)18-15(14)19/h3-6,14,17H,2,7-11H2,1H3,(H,18,19). The van der Waals surface area contributed by atoms with Crippen LogP contribution in [-0.4, -0.2) is 18.5 Å². The first-order chi connectivity index (χ1) is 9.22. The van der Waals surface area contributed by atoms with Gasteiger partial charge in [0, 0.05) is 12.2 Å². The Hall–Kier alpha value is -1.35. The minimum Gasteiger partial charge on any atom is -0.324 e. The van der Waals surface area contributed by atoms with E-state index in [9.17, 15) is 4.79 Å². The molecule has 1 aromatic carbocycles. The summed E-state index contributed by atoms with van der Waals surface area (Å²) in [6.45, 7) is 3.23. The molecule has 1 amide bonds. The highest BCUT2D eigenvalue weighted by atomic mass is 16.2. The first-order valence-electron chi connectivity index (χ1n) is 7.35. The third-order valence-corrected chi connectivity index (χ3v) is 4.72. The minimum atomic E-state index is -0.0450. The summed E-state index contributed by atoms with van der Waals surface area (Å²) in [6, 6.07) is 8.06. The molecule has 3 nitrogen and oxygen atoms in total. The highest BCUT2D eigenvalue weighted by Gasteiger charge is 2.41. The van der Waals surface area contributed by atoms with E-state index in [1.165, 1.54) is 24.8 Å². The number of hydrogen-bond acceptors (Lipinski definition) is 2. The summed E-state index contributed by atoms with van der Waals surface area (Å²) in [5.41, 5.74) is 2.71. The van der Waals surface area contributed by atoms with Crippen molar-refractivity contribution >= 4 is 11.6 Å². The van der Waals surface area contributed by atoms with Crippen LogP contribution in [0.1, 0.15) is 38.2 Å². The molecule has 0 saturated heterocycles. The highest BCUT2D eigenvalue weighted by molar-refractivity contribution is 5.96. The lowest BCUT2D eigenvalue weighted by molar-refractivity contribution is -0.118. The molecule has 2 N–H and O–H groups in total. The zero-order chi connectivity index (χ0) is 13.3. The summed E-state index contributed by atoms with van der Waals surface area (Å²) in [4.78, 5) is 12.2. The molecule has 1 aromatic rings. The van der Waals surface area contributed by atoms with Crippen LogP contribution in [0.5, 0.6) is 0 Å². The van der Waals surface area contributed by atoms with E-state index in [1.807, 2.05) is 18.2 Å². The Kier molecular flexibility index (Phi) is 3.31. The van der Waals surface area contributed by atoms with Gasteiger partial charge >= 0.3 is 0 Å². The van der Waals surface area contributed by atoms with Gasteiger partial charge in [0.2, 0.25) is 5.91 Å². The summed E-state index contributed by atoms with van der Waals surface area (Å²) in [5.74, 6) is 0.122. The molecular weight excluding hydrogens is 236 g/mol. The van der Waals surface area contributed by atoms with E-state index in [0.717, 1.165) is 25.1 Å².